The maximum Gasteiger partial charge on any atom is 0.326 e. The van der Waals surface area contributed by atoms with Gasteiger partial charge in [0.2, 0.25) is 5.91 Å². The number of rotatable bonds is 5. The molecule has 110 valence electrons. The molecule has 0 radical (unpaired) electrons. The van der Waals surface area contributed by atoms with Crippen LogP contribution in [-0.4, -0.2) is 39.5 Å². The summed E-state index contributed by atoms with van der Waals surface area (Å²) < 4.78 is 0. The standard InChI is InChI=1S/C8H12N4O3.2C2H6/c9-2-7(13)12-6(8(14)15)1-5-3-10-4-11-5;2*1-2/h3-4,6H,1-2,9H2,(H,10,11)(H,12,13)(H,14,15);2*1-2H3/t6-;;/m0../s1. The van der Waals surface area contributed by atoms with E-state index < -0.39 is 17.9 Å². The van der Waals surface area contributed by atoms with Gasteiger partial charge in [-0.1, -0.05) is 27.7 Å². The Kier molecular flexibility index (Phi) is 12.9. The molecule has 7 nitrogen and oxygen atoms in total. The fourth-order valence-electron chi connectivity index (χ4n) is 1.07. The summed E-state index contributed by atoms with van der Waals surface area (Å²) in [6.07, 6.45) is 3.10. The molecule has 1 aromatic rings. The largest absolute Gasteiger partial charge is 0.480 e. The van der Waals surface area contributed by atoms with Gasteiger partial charge in [-0.15, -0.1) is 0 Å². The third-order valence-corrected chi connectivity index (χ3v) is 1.80. The summed E-state index contributed by atoms with van der Waals surface area (Å²) in [7, 11) is 0. The van der Waals surface area contributed by atoms with Gasteiger partial charge < -0.3 is 21.1 Å². The average Bonchev–Trinajstić information content (AvgIpc) is 2.95. The molecule has 1 heterocycles. The Morgan fingerprint density at radius 1 is 1.42 bits per heavy atom. The molecule has 0 saturated heterocycles. The number of hydrogen-bond donors (Lipinski definition) is 4. The molecular weight excluding hydrogens is 248 g/mol. The second-order valence-electron chi connectivity index (χ2n) is 2.94. The highest BCUT2D eigenvalue weighted by atomic mass is 16.4. The van der Waals surface area contributed by atoms with Crippen LogP contribution in [0, 0.1) is 0 Å². The molecule has 0 aromatic carbocycles. The van der Waals surface area contributed by atoms with Gasteiger partial charge in [0.15, 0.2) is 0 Å². The number of aromatic nitrogens is 2. The van der Waals surface area contributed by atoms with Gasteiger partial charge in [-0.3, -0.25) is 4.79 Å². The van der Waals surface area contributed by atoms with Crippen LogP contribution in [0.1, 0.15) is 33.4 Å². The van der Waals surface area contributed by atoms with E-state index in [1.165, 1.54) is 12.5 Å². The Morgan fingerprint density at radius 2 is 2.00 bits per heavy atom. The maximum absolute atomic E-state index is 10.9. The molecule has 7 heteroatoms. The molecule has 0 fully saturated rings. The predicted molar refractivity (Wildman–Crippen MR) is 73.6 cm³/mol. The lowest BCUT2D eigenvalue weighted by atomic mass is 10.1. The van der Waals surface area contributed by atoms with Crippen LogP contribution in [0.5, 0.6) is 0 Å². The number of carbonyl (C=O) groups excluding carboxylic acids is 1. The van der Waals surface area contributed by atoms with E-state index in [9.17, 15) is 9.59 Å². The van der Waals surface area contributed by atoms with Crippen molar-refractivity contribution < 1.29 is 14.7 Å². The number of carboxylic acids is 1. The van der Waals surface area contributed by atoms with Crippen LogP contribution in [0.15, 0.2) is 12.5 Å². The zero-order chi connectivity index (χ0) is 15.3. The quantitative estimate of drug-likeness (QED) is 0.623. The molecule has 0 bridgehead atoms. The summed E-state index contributed by atoms with van der Waals surface area (Å²) in [6, 6.07) is -0.985. The Balaban J connectivity index is 0. The van der Waals surface area contributed by atoms with Crippen molar-refractivity contribution in [3.05, 3.63) is 18.2 Å². The Bertz CT molecular complexity index is 339. The molecule has 1 aromatic heterocycles. The first-order valence-corrected chi connectivity index (χ1v) is 6.33. The van der Waals surface area contributed by atoms with E-state index in [4.69, 9.17) is 10.8 Å². The van der Waals surface area contributed by atoms with Crippen molar-refractivity contribution in [3.8, 4) is 0 Å². The highest BCUT2D eigenvalue weighted by Crippen LogP contribution is 1.98. The number of aliphatic carboxylic acids is 1. The van der Waals surface area contributed by atoms with Crippen molar-refractivity contribution in [1.29, 1.82) is 0 Å². The molecule has 19 heavy (non-hydrogen) atoms. The summed E-state index contributed by atoms with van der Waals surface area (Å²) in [4.78, 5) is 28.2. The second kappa shape index (κ2) is 12.6. The number of nitrogens with two attached hydrogens (primary N) is 1. The van der Waals surface area contributed by atoms with E-state index in [2.05, 4.69) is 15.3 Å². The van der Waals surface area contributed by atoms with Crippen LogP contribution < -0.4 is 11.1 Å². The molecule has 0 aliphatic rings. The molecule has 0 saturated carbocycles. The van der Waals surface area contributed by atoms with Gasteiger partial charge in [0, 0.05) is 18.3 Å². The predicted octanol–water partition coefficient (Wildman–Crippen LogP) is 0.533. The average molecular weight is 272 g/mol. The third-order valence-electron chi connectivity index (χ3n) is 1.80. The number of carboxylic acid groups (broad SMARTS) is 1. The minimum absolute atomic E-state index is 0.154. The zero-order valence-electron chi connectivity index (χ0n) is 11.9. The van der Waals surface area contributed by atoms with Crippen molar-refractivity contribution in [2.75, 3.05) is 6.54 Å². The van der Waals surface area contributed by atoms with E-state index >= 15 is 0 Å². The van der Waals surface area contributed by atoms with Gasteiger partial charge in [0.05, 0.1) is 12.9 Å². The van der Waals surface area contributed by atoms with Crippen molar-refractivity contribution in [2.45, 2.75) is 40.2 Å². The van der Waals surface area contributed by atoms with Crippen LogP contribution in [-0.2, 0) is 16.0 Å². The Hall–Kier alpha value is -1.89. The molecule has 1 amide bonds. The fourth-order valence-corrected chi connectivity index (χ4v) is 1.07. The molecular formula is C12H24N4O3. The lowest BCUT2D eigenvalue weighted by molar-refractivity contribution is -0.141. The first-order valence-electron chi connectivity index (χ1n) is 6.33. The maximum atomic E-state index is 10.9. The molecule has 0 aliphatic heterocycles. The van der Waals surface area contributed by atoms with Crippen LogP contribution >= 0.6 is 0 Å². The van der Waals surface area contributed by atoms with Gasteiger partial charge in [-0.25, -0.2) is 9.78 Å². The van der Waals surface area contributed by atoms with E-state index in [0.717, 1.165) is 0 Å². The SMILES string of the molecule is CC.CC.NCC(=O)N[C@@H](Cc1cnc[nH]1)C(=O)O. The van der Waals surface area contributed by atoms with Crippen molar-refractivity contribution in [1.82, 2.24) is 15.3 Å². The van der Waals surface area contributed by atoms with Crippen molar-refractivity contribution in [2.24, 2.45) is 5.73 Å². The smallest absolute Gasteiger partial charge is 0.326 e. The molecule has 0 unspecified atom stereocenters. The van der Waals surface area contributed by atoms with E-state index in [1.807, 2.05) is 27.7 Å². The molecule has 5 N–H and O–H groups in total. The monoisotopic (exact) mass is 272 g/mol. The zero-order valence-corrected chi connectivity index (χ0v) is 11.9. The van der Waals surface area contributed by atoms with E-state index in [1.54, 1.807) is 0 Å². The minimum Gasteiger partial charge on any atom is -0.480 e. The van der Waals surface area contributed by atoms with Gasteiger partial charge in [0.1, 0.15) is 6.04 Å². The number of carbonyl (C=O) groups is 2. The minimum atomic E-state index is -1.11. The Labute approximate surface area is 113 Å². The number of H-pyrrole nitrogens is 1. The molecule has 1 rings (SSSR count). The molecule has 0 spiro atoms. The van der Waals surface area contributed by atoms with Crippen LogP contribution in [0.25, 0.3) is 0 Å². The van der Waals surface area contributed by atoms with E-state index in [0.29, 0.717) is 5.69 Å². The first kappa shape index (κ1) is 19.4. The van der Waals surface area contributed by atoms with Gasteiger partial charge in [0.25, 0.3) is 0 Å². The summed E-state index contributed by atoms with van der Waals surface area (Å²) in [5, 5.41) is 11.1. The highest BCUT2D eigenvalue weighted by molar-refractivity contribution is 5.84. The molecule has 0 aliphatic carbocycles. The fraction of sp³-hybridized carbons (Fsp3) is 0.583. The lowest BCUT2D eigenvalue weighted by Gasteiger charge is -2.12. The second-order valence-corrected chi connectivity index (χ2v) is 2.94. The van der Waals surface area contributed by atoms with Crippen LogP contribution in [0.2, 0.25) is 0 Å². The summed E-state index contributed by atoms with van der Waals surface area (Å²) >= 11 is 0. The van der Waals surface area contributed by atoms with Gasteiger partial charge in [-0.2, -0.15) is 0 Å². The third kappa shape index (κ3) is 8.78. The van der Waals surface area contributed by atoms with Gasteiger partial charge in [-0.05, 0) is 0 Å². The number of amides is 1. The number of nitrogens with one attached hydrogen (secondary N) is 2. The number of imidazole rings is 1. The molecule has 1 atom stereocenters. The number of hydrogen-bond acceptors (Lipinski definition) is 4. The number of nitrogens with zero attached hydrogens (tertiary/aromatic N) is 1. The topological polar surface area (TPSA) is 121 Å². The van der Waals surface area contributed by atoms with Crippen LogP contribution in [0.4, 0.5) is 0 Å². The normalized spacial score (nSPS) is 10.2. The van der Waals surface area contributed by atoms with Crippen molar-refractivity contribution in [3.63, 3.8) is 0 Å². The summed E-state index contributed by atoms with van der Waals surface area (Å²) in [5.41, 5.74) is 5.71. The first-order chi connectivity index (χ1) is 9.13. The van der Waals surface area contributed by atoms with Crippen molar-refractivity contribution >= 4 is 11.9 Å². The Morgan fingerprint density at radius 3 is 2.37 bits per heavy atom. The summed E-state index contributed by atoms with van der Waals surface area (Å²) in [5.74, 6) is -1.60. The number of aromatic amines is 1. The van der Waals surface area contributed by atoms with Gasteiger partial charge >= 0.3 is 5.97 Å². The summed E-state index contributed by atoms with van der Waals surface area (Å²) in [6.45, 7) is 7.77. The van der Waals surface area contributed by atoms with E-state index in [-0.39, 0.29) is 13.0 Å². The highest BCUT2D eigenvalue weighted by Gasteiger charge is 2.20. The lowest BCUT2D eigenvalue weighted by Crippen LogP contribution is -2.44. The van der Waals surface area contributed by atoms with Crippen LogP contribution in [0.3, 0.4) is 0 Å².